The van der Waals surface area contributed by atoms with Crippen molar-refractivity contribution in [3.63, 3.8) is 0 Å². The van der Waals surface area contributed by atoms with Gasteiger partial charge in [-0.1, -0.05) is 0 Å². The van der Waals surface area contributed by atoms with E-state index in [9.17, 15) is 13.8 Å². The van der Waals surface area contributed by atoms with E-state index in [1.54, 1.807) is 13.8 Å². The molecule has 0 atom stereocenters. The Morgan fingerprint density at radius 1 is 1.40 bits per heavy atom. The van der Waals surface area contributed by atoms with Gasteiger partial charge in [-0.2, -0.15) is 4.39 Å². The van der Waals surface area contributed by atoms with Gasteiger partial charge in [-0.3, -0.25) is 4.57 Å². The van der Waals surface area contributed by atoms with Gasteiger partial charge >= 0.3 is 13.6 Å². The van der Waals surface area contributed by atoms with Crippen molar-refractivity contribution in [2.75, 3.05) is 19.4 Å². The Morgan fingerprint density at radius 2 is 1.87 bits per heavy atom. The predicted octanol–water partition coefficient (Wildman–Crippen LogP) is 2.19. The molecule has 7 heteroatoms. The van der Waals surface area contributed by atoms with Crippen molar-refractivity contribution >= 4 is 13.6 Å². The molecule has 0 fully saturated rings. The largest absolute Gasteiger partial charge is 0.476 e. The average Bonchev–Trinajstić information content (AvgIpc) is 2.15. The fourth-order valence-electron chi connectivity index (χ4n) is 0.815. The molecule has 0 heterocycles. The van der Waals surface area contributed by atoms with E-state index in [2.05, 4.69) is 0 Å². The molecule has 0 aliphatic heterocycles. The lowest BCUT2D eigenvalue weighted by molar-refractivity contribution is -0.134. The number of halogens is 1. The molecule has 0 aromatic heterocycles. The van der Waals surface area contributed by atoms with Crippen LogP contribution >= 0.6 is 7.60 Å². The molecule has 0 radical (unpaired) electrons. The van der Waals surface area contributed by atoms with Crippen molar-refractivity contribution in [3.05, 3.63) is 11.9 Å². The number of carboxylic acid groups (broad SMARTS) is 1. The Labute approximate surface area is 87.4 Å². The number of rotatable bonds is 7. The fourth-order valence-corrected chi connectivity index (χ4v) is 2.27. The minimum absolute atomic E-state index is 0.153. The van der Waals surface area contributed by atoms with Gasteiger partial charge in [0.2, 0.25) is 5.83 Å². The van der Waals surface area contributed by atoms with Gasteiger partial charge in [0.15, 0.2) is 0 Å². The monoisotopic (exact) mass is 240 g/mol. The molecule has 0 rings (SSSR count). The molecule has 0 spiro atoms. The lowest BCUT2D eigenvalue weighted by Crippen LogP contribution is -2.01. The number of hydrogen-bond donors (Lipinski definition) is 1. The van der Waals surface area contributed by atoms with Crippen LogP contribution < -0.4 is 0 Å². The van der Waals surface area contributed by atoms with Crippen molar-refractivity contribution in [2.45, 2.75) is 13.8 Å². The summed E-state index contributed by atoms with van der Waals surface area (Å²) in [5.41, 5.74) is 0. The van der Waals surface area contributed by atoms with Gasteiger partial charge in [-0.15, -0.1) is 0 Å². The van der Waals surface area contributed by atoms with Crippen molar-refractivity contribution < 1.29 is 27.9 Å². The zero-order valence-corrected chi connectivity index (χ0v) is 9.50. The molecular formula is C8H14FO5P. The van der Waals surface area contributed by atoms with E-state index >= 15 is 0 Å². The van der Waals surface area contributed by atoms with Crippen molar-refractivity contribution in [1.82, 2.24) is 0 Å². The van der Waals surface area contributed by atoms with Crippen LogP contribution in [0.2, 0.25) is 0 Å². The van der Waals surface area contributed by atoms with E-state index in [1.807, 2.05) is 0 Å². The molecule has 0 bridgehead atoms. The summed E-state index contributed by atoms with van der Waals surface area (Å²) >= 11 is 0. The van der Waals surface area contributed by atoms with Gasteiger partial charge in [0.05, 0.1) is 19.4 Å². The number of allylic oxidation sites excluding steroid dienone is 1. The third-order valence-corrected chi connectivity index (χ3v) is 3.28. The van der Waals surface area contributed by atoms with Crippen LogP contribution in [-0.4, -0.2) is 30.5 Å². The van der Waals surface area contributed by atoms with E-state index in [4.69, 9.17) is 14.2 Å². The molecular weight excluding hydrogens is 226 g/mol. The Morgan fingerprint density at radius 3 is 2.20 bits per heavy atom. The molecule has 15 heavy (non-hydrogen) atoms. The Hall–Kier alpha value is -0.710. The number of hydrogen-bond acceptors (Lipinski definition) is 4. The molecule has 0 saturated carbocycles. The van der Waals surface area contributed by atoms with Gasteiger partial charge in [-0.05, 0) is 19.9 Å². The summed E-state index contributed by atoms with van der Waals surface area (Å²) in [6.07, 6.45) is 0.307. The van der Waals surface area contributed by atoms with Crippen molar-refractivity contribution in [3.8, 4) is 0 Å². The van der Waals surface area contributed by atoms with E-state index in [-0.39, 0.29) is 19.4 Å². The molecule has 1 N–H and O–H groups in total. The van der Waals surface area contributed by atoms with Crippen LogP contribution in [0.3, 0.4) is 0 Å². The topological polar surface area (TPSA) is 72.8 Å². The SMILES string of the molecule is CCOP(=O)(CC=C(F)C(=O)O)OCC. The van der Waals surface area contributed by atoms with Crippen LogP contribution in [0.4, 0.5) is 4.39 Å². The van der Waals surface area contributed by atoms with E-state index in [1.165, 1.54) is 0 Å². The summed E-state index contributed by atoms with van der Waals surface area (Å²) in [6, 6.07) is 0. The highest BCUT2D eigenvalue weighted by molar-refractivity contribution is 7.54. The Kier molecular flexibility index (Phi) is 6.40. The van der Waals surface area contributed by atoms with Gasteiger partial charge in [0.25, 0.3) is 0 Å². The maximum atomic E-state index is 12.6. The predicted molar refractivity (Wildman–Crippen MR) is 52.6 cm³/mol. The van der Waals surface area contributed by atoms with Crippen LogP contribution in [0.25, 0.3) is 0 Å². The highest BCUT2D eigenvalue weighted by Gasteiger charge is 2.22. The molecule has 0 saturated heterocycles. The zero-order chi connectivity index (χ0) is 11.9. The van der Waals surface area contributed by atoms with E-state index < -0.39 is 19.4 Å². The molecule has 0 amide bonds. The highest BCUT2D eigenvalue weighted by atomic mass is 31.2. The van der Waals surface area contributed by atoms with Crippen LogP contribution in [0, 0.1) is 0 Å². The minimum atomic E-state index is -3.39. The third-order valence-electron chi connectivity index (χ3n) is 1.35. The normalized spacial score (nSPS) is 12.9. The summed E-state index contributed by atoms with van der Waals surface area (Å²) in [4.78, 5) is 10.1. The number of aliphatic carboxylic acids is 1. The zero-order valence-electron chi connectivity index (χ0n) is 8.60. The standard InChI is InChI=1S/C8H14FO5P/c1-3-13-15(12,14-4-2)6-5-7(9)8(10)11/h5H,3-4,6H2,1-2H3,(H,10,11). The maximum Gasteiger partial charge on any atom is 0.364 e. The first-order valence-corrected chi connectivity index (χ1v) is 6.15. The molecule has 88 valence electrons. The summed E-state index contributed by atoms with van der Waals surface area (Å²) in [5.74, 6) is -3.07. The summed E-state index contributed by atoms with van der Waals surface area (Å²) in [5, 5.41) is 8.22. The molecule has 0 unspecified atom stereocenters. The number of carboxylic acids is 1. The van der Waals surface area contributed by atoms with Gasteiger partial charge in [0.1, 0.15) is 0 Å². The Balaban J connectivity index is 4.49. The smallest absolute Gasteiger partial charge is 0.364 e. The summed E-state index contributed by atoms with van der Waals surface area (Å²) in [6.45, 7) is 3.53. The molecule has 5 nitrogen and oxygen atoms in total. The van der Waals surface area contributed by atoms with Gasteiger partial charge < -0.3 is 14.2 Å². The van der Waals surface area contributed by atoms with Crippen LogP contribution in [-0.2, 0) is 18.4 Å². The Bertz CT molecular complexity index is 279. The highest BCUT2D eigenvalue weighted by Crippen LogP contribution is 2.48. The van der Waals surface area contributed by atoms with Crippen LogP contribution in [0.1, 0.15) is 13.8 Å². The lowest BCUT2D eigenvalue weighted by Gasteiger charge is -2.14. The van der Waals surface area contributed by atoms with Crippen molar-refractivity contribution in [1.29, 1.82) is 0 Å². The molecule has 0 aromatic rings. The minimum Gasteiger partial charge on any atom is -0.476 e. The maximum absolute atomic E-state index is 12.6. The second kappa shape index (κ2) is 6.71. The summed E-state index contributed by atoms with van der Waals surface area (Å²) in [7, 11) is -3.39. The van der Waals surface area contributed by atoms with Crippen molar-refractivity contribution in [2.24, 2.45) is 0 Å². The first-order chi connectivity index (χ1) is 6.95. The molecule has 0 aromatic carbocycles. The van der Waals surface area contributed by atoms with Crippen LogP contribution in [0.5, 0.6) is 0 Å². The van der Waals surface area contributed by atoms with Crippen LogP contribution in [0.15, 0.2) is 11.9 Å². The quantitative estimate of drug-likeness (QED) is 0.545. The summed E-state index contributed by atoms with van der Waals surface area (Å²) < 4.78 is 33.9. The van der Waals surface area contributed by atoms with Gasteiger partial charge in [0, 0.05) is 0 Å². The first-order valence-electron chi connectivity index (χ1n) is 4.42. The second-order valence-corrected chi connectivity index (χ2v) is 4.59. The molecule has 0 aliphatic rings. The lowest BCUT2D eigenvalue weighted by atomic mass is 10.5. The average molecular weight is 240 g/mol. The third kappa shape index (κ3) is 5.67. The van der Waals surface area contributed by atoms with Gasteiger partial charge in [-0.25, -0.2) is 4.79 Å². The second-order valence-electron chi connectivity index (χ2n) is 2.49. The van der Waals surface area contributed by atoms with E-state index in [0.29, 0.717) is 6.08 Å². The first kappa shape index (κ1) is 14.3. The number of carbonyl (C=O) groups is 1. The van der Waals surface area contributed by atoms with E-state index in [0.717, 1.165) is 0 Å². The molecule has 0 aliphatic carbocycles. The fraction of sp³-hybridized carbons (Fsp3) is 0.625.